The number of rotatable bonds is 5. The Hall–Kier alpha value is -1.87. The lowest BCUT2D eigenvalue weighted by atomic mass is 10.3. The zero-order valence-corrected chi connectivity index (χ0v) is 12.9. The van der Waals surface area contributed by atoms with Gasteiger partial charge in [0.2, 0.25) is 0 Å². The number of hydrogen-bond donors (Lipinski definition) is 1. The number of thiophene rings is 1. The number of fused-ring (bicyclic) bond motifs is 1. The van der Waals surface area contributed by atoms with Gasteiger partial charge in [-0.25, -0.2) is 9.78 Å². The lowest BCUT2D eigenvalue weighted by Gasteiger charge is -2.16. The topological polar surface area (TPSA) is 98.5 Å². The highest BCUT2D eigenvalue weighted by Crippen LogP contribution is 2.23. The number of hydrogen-bond acceptors (Lipinski definition) is 7. The molecule has 0 radical (unpaired) electrons. The van der Waals surface area contributed by atoms with Crippen LogP contribution in [0.4, 0.5) is 0 Å². The van der Waals surface area contributed by atoms with Gasteiger partial charge in [0.25, 0.3) is 5.56 Å². The van der Waals surface area contributed by atoms with Crippen LogP contribution in [0.15, 0.2) is 21.4 Å². The SMILES string of the molecule is COC(=O)C(C)n1c(SCC(=O)O)nc2sccc2c1=O. The second-order valence-corrected chi connectivity index (χ2v) is 5.93. The van der Waals surface area contributed by atoms with Crippen molar-refractivity contribution in [3.8, 4) is 0 Å². The molecule has 0 spiro atoms. The minimum atomic E-state index is -1.03. The zero-order chi connectivity index (χ0) is 15.6. The molecule has 2 rings (SSSR count). The Bertz CT molecular complexity index is 752. The quantitative estimate of drug-likeness (QED) is 0.503. The second-order valence-electron chi connectivity index (χ2n) is 4.09. The summed E-state index contributed by atoms with van der Waals surface area (Å²) >= 11 is 2.18. The van der Waals surface area contributed by atoms with Crippen LogP contribution in [-0.2, 0) is 14.3 Å². The highest BCUT2D eigenvalue weighted by atomic mass is 32.2. The summed E-state index contributed by atoms with van der Waals surface area (Å²) < 4.78 is 5.82. The summed E-state index contributed by atoms with van der Waals surface area (Å²) in [6.45, 7) is 1.51. The maximum atomic E-state index is 12.5. The molecule has 0 aromatic carbocycles. The number of esters is 1. The summed E-state index contributed by atoms with van der Waals surface area (Å²) in [6.07, 6.45) is 0. The molecule has 2 aromatic heterocycles. The van der Waals surface area contributed by atoms with Gasteiger partial charge in [-0.3, -0.25) is 14.2 Å². The van der Waals surface area contributed by atoms with E-state index in [9.17, 15) is 14.4 Å². The first kappa shape index (κ1) is 15.5. The van der Waals surface area contributed by atoms with Crippen molar-refractivity contribution in [2.24, 2.45) is 0 Å². The van der Waals surface area contributed by atoms with Gasteiger partial charge >= 0.3 is 11.9 Å². The van der Waals surface area contributed by atoms with Gasteiger partial charge in [0.1, 0.15) is 10.9 Å². The van der Waals surface area contributed by atoms with Gasteiger partial charge < -0.3 is 9.84 Å². The van der Waals surface area contributed by atoms with Crippen LogP contribution in [0, 0.1) is 0 Å². The molecule has 0 aliphatic carbocycles. The molecule has 21 heavy (non-hydrogen) atoms. The fourth-order valence-corrected chi connectivity index (χ4v) is 3.35. The fraction of sp³-hybridized carbons (Fsp3) is 0.333. The van der Waals surface area contributed by atoms with Crippen molar-refractivity contribution in [2.75, 3.05) is 12.9 Å². The standard InChI is InChI=1S/C12H12N2O5S2/c1-6(11(18)19-2)14-10(17)7-3-4-20-9(7)13-12(14)21-5-8(15)16/h3-4,6H,5H2,1-2H3,(H,15,16). The number of methoxy groups -OCH3 is 1. The van der Waals surface area contributed by atoms with Crippen LogP contribution in [0.5, 0.6) is 0 Å². The first-order valence-electron chi connectivity index (χ1n) is 5.88. The monoisotopic (exact) mass is 328 g/mol. The van der Waals surface area contributed by atoms with Crippen LogP contribution in [-0.4, -0.2) is 39.5 Å². The fourth-order valence-electron chi connectivity index (χ4n) is 1.75. The third-order valence-electron chi connectivity index (χ3n) is 2.75. The minimum Gasteiger partial charge on any atom is -0.481 e. The minimum absolute atomic E-state index is 0.190. The van der Waals surface area contributed by atoms with Crippen molar-refractivity contribution >= 4 is 45.3 Å². The number of carboxylic acid groups (broad SMARTS) is 1. The summed E-state index contributed by atoms with van der Waals surface area (Å²) in [4.78, 5) is 39.7. The predicted molar refractivity (Wildman–Crippen MR) is 79.0 cm³/mol. The smallest absolute Gasteiger partial charge is 0.328 e. The summed E-state index contributed by atoms with van der Waals surface area (Å²) in [7, 11) is 1.23. The maximum absolute atomic E-state index is 12.5. The van der Waals surface area contributed by atoms with Gasteiger partial charge in [-0.15, -0.1) is 11.3 Å². The predicted octanol–water partition coefficient (Wildman–Crippen LogP) is 1.37. The van der Waals surface area contributed by atoms with Gasteiger partial charge in [0.05, 0.1) is 18.2 Å². The summed E-state index contributed by atoms with van der Waals surface area (Å²) in [5, 5.41) is 11.1. The van der Waals surface area contributed by atoms with Crippen molar-refractivity contribution in [1.29, 1.82) is 0 Å². The van der Waals surface area contributed by atoms with Gasteiger partial charge in [0.15, 0.2) is 5.16 Å². The number of carbonyl (C=O) groups is 2. The van der Waals surface area contributed by atoms with Crippen LogP contribution in [0.1, 0.15) is 13.0 Å². The Morgan fingerprint density at radius 1 is 1.57 bits per heavy atom. The molecule has 0 saturated heterocycles. The summed E-state index contributed by atoms with van der Waals surface area (Å²) in [5.41, 5.74) is -0.382. The van der Waals surface area contributed by atoms with Crippen molar-refractivity contribution < 1.29 is 19.4 Å². The van der Waals surface area contributed by atoms with Crippen LogP contribution < -0.4 is 5.56 Å². The van der Waals surface area contributed by atoms with Gasteiger partial charge in [0, 0.05) is 0 Å². The molecule has 2 heterocycles. The van der Waals surface area contributed by atoms with E-state index in [0.29, 0.717) is 10.2 Å². The molecule has 0 aliphatic heterocycles. The molecule has 0 amide bonds. The maximum Gasteiger partial charge on any atom is 0.328 e. The molecule has 0 aliphatic rings. The number of aliphatic carboxylic acids is 1. The van der Waals surface area contributed by atoms with E-state index in [-0.39, 0.29) is 16.5 Å². The molecule has 112 valence electrons. The normalized spacial score (nSPS) is 12.3. The molecule has 1 unspecified atom stereocenters. The lowest BCUT2D eigenvalue weighted by Crippen LogP contribution is -2.31. The average molecular weight is 328 g/mol. The van der Waals surface area contributed by atoms with E-state index < -0.39 is 18.0 Å². The Kier molecular flexibility index (Phi) is 4.63. The number of carbonyl (C=O) groups excluding carboxylic acids is 1. The third-order valence-corrected chi connectivity index (χ3v) is 4.50. The molecule has 0 bridgehead atoms. The molecule has 9 heteroatoms. The van der Waals surface area contributed by atoms with Crippen molar-refractivity contribution in [2.45, 2.75) is 18.1 Å². The van der Waals surface area contributed by atoms with E-state index in [1.807, 2.05) is 0 Å². The molecule has 0 saturated carbocycles. The lowest BCUT2D eigenvalue weighted by molar-refractivity contribution is -0.144. The van der Waals surface area contributed by atoms with Crippen LogP contribution in [0.3, 0.4) is 0 Å². The Labute approximate surface area is 127 Å². The molecular weight excluding hydrogens is 316 g/mol. The average Bonchev–Trinajstić information content (AvgIpc) is 2.92. The first-order chi connectivity index (χ1) is 9.95. The largest absolute Gasteiger partial charge is 0.481 e. The number of aromatic nitrogens is 2. The molecular formula is C12H12N2O5S2. The van der Waals surface area contributed by atoms with E-state index in [1.165, 1.54) is 29.9 Å². The number of nitrogens with zero attached hydrogens (tertiary/aromatic N) is 2. The highest BCUT2D eigenvalue weighted by molar-refractivity contribution is 7.99. The number of ether oxygens (including phenoxy) is 1. The summed E-state index contributed by atoms with van der Waals surface area (Å²) in [6, 6.07) is 0.747. The first-order valence-corrected chi connectivity index (χ1v) is 7.74. The molecule has 7 nitrogen and oxygen atoms in total. The Morgan fingerprint density at radius 2 is 2.29 bits per heavy atom. The molecule has 1 N–H and O–H groups in total. The van der Waals surface area contributed by atoms with Crippen molar-refractivity contribution in [3.05, 3.63) is 21.8 Å². The van der Waals surface area contributed by atoms with Crippen molar-refractivity contribution in [3.63, 3.8) is 0 Å². The third kappa shape index (κ3) is 3.08. The Balaban J connectivity index is 2.59. The molecule has 2 aromatic rings. The van der Waals surface area contributed by atoms with E-state index in [4.69, 9.17) is 5.11 Å². The van der Waals surface area contributed by atoms with E-state index in [0.717, 1.165) is 11.8 Å². The van der Waals surface area contributed by atoms with Crippen LogP contribution >= 0.6 is 23.1 Å². The highest BCUT2D eigenvalue weighted by Gasteiger charge is 2.23. The van der Waals surface area contributed by atoms with Crippen LogP contribution in [0.2, 0.25) is 0 Å². The number of carboxylic acids is 1. The van der Waals surface area contributed by atoms with E-state index in [1.54, 1.807) is 11.4 Å². The Morgan fingerprint density at radius 3 is 2.90 bits per heavy atom. The van der Waals surface area contributed by atoms with Gasteiger partial charge in [-0.1, -0.05) is 11.8 Å². The van der Waals surface area contributed by atoms with Gasteiger partial charge in [-0.05, 0) is 18.4 Å². The van der Waals surface area contributed by atoms with Crippen molar-refractivity contribution in [1.82, 2.24) is 9.55 Å². The van der Waals surface area contributed by atoms with Crippen LogP contribution in [0.25, 0.3) is 10.2 Å². The summed E-state index contributed by atoms with van der Waals surface area (Å²) in [5.74, 6) is -1.87. The molecule has 1 atom stereocenters. The van der Waals surface area contributed by atoms with E-state index >= 15 is 0 Å². The zero-order valence-electron chi connectivity index (χ0n) is 11.2. The molecule has 0 fully saturated rings. The number of thioether (sulfide) groups is 1. The van der Waals surface area contributed by atoms with Gasteiger partial charge in [-0.2, -0.15) is 0 Å². The van der Waals surface area contributed by atoms with E-state index in [2.05, 4.69) is 9.72 Å². The second kappa shape index (κ2) is 6.27.